The van der Waals surface area contributed by atoms with Crippen LogP contribution in [0.1, 0.15) is 30.8 Å². The van der Waals surface area contributed by atoms with Crippen molar-refractivity contribution in [2.75, 3.05) is 20.2 Å². The highest BCUT2D eigenvalue weighted by Gasteiger charge is 2.27. The lowest BCUT2D eigenvalue weighted by Crippen LogP contribution is -2.44. The zero-order valence-electron chi connectivity index (χ0n) is 17.5. The summed E-state index contributed by atoms with van der Waals surface area (Å²) >= 11 is 0. The second kappa shape index (κ2) is 7.97. The fraction of sp³-hybridized carbons (Fsp3) is 0.391. The molecule has 1 aliphatic rings. The number of halogens is 1. The predicted octanol–water partition coefficient (Wildman–Crippen LogP) is 3.86. The van der Waals surface area contributed by atoms with Crippen LogP contribution in [0.3, 0.4) is 0 Å². The zero-order valence-corrected chi connectivity index (χ0v) is 17.5. The van der Waals surface area contributed by atoms with Gasteiger partial charge in [-0.2, -0.15) is 0 Å². The molecule has 0 unspecified atom stereocenters. The third-order valence-electron chi connectivity index (χ3n) is 5.77. The molecule has 4 rings (SSSR count). The highest BCUT2D eigenvalue weighted by Crippen LogP contribution is 2.27. The van der Waals surface area contributed by atoms with Crippen LogP contribution in [0.4, 0.5) is 4.39 Å². The van der Waals surface area contributed by atoms with Crippen molar-refractivity contribution in [1.82, 2.24) is 14.0 Å². The molecule has 1 aromatic carbocycles. The predicted molar refractivity (Wildman–Crippen MR) is 112 cm³/mol. The van der Waals surface area contributed by atoms with Crippen LogP contribution in [-0.4, -0.2) is 46.1 Å². The van der Waals surface area contributed by atoms with Crippen molar-refractivity contribution in [3.05, 3.63) is 54.1 Å². The monoisotopic (exact) mass is 411 g/mol. The lowest BCUT2D eigenvalue weighted by molar-refractivity contribution is -0.134. The molecule has 1 saturated heterocycles. The van der Waals surface area contributed by atoms with Crippen LogP contribution in [0.2, 0.25) is 0 Å². The number of ether oxygens (including phenoxy) is 1. The van der Waals surface area contributed by atoms with E-state index in [-0.39, 0.29) is 18.3 Å². The molecule has 158 valence electrons. The Morgan fingerprint density at radius 1 is 1.07 bits per heavy atom. The molecule has 2 atom stereocenters. The first kappa shape index (κ1) is 20.2. The van der Waals surface area contributed by atoms with Gasteiger partial charge < -0.3 is 18.8 Å². The van der Waals surface area contributed by atoms with Crippen molar-refractivity contribution in [1.29, 1.82) is 0 Å². The van der Waals surface area contributed by atoms with E-state index in [1.165, 1.54) is 19.2 Å². The van der Waals surface area contributed by atoms with E-state index in [1.54, 1.807) is 22.8 Å². The Morgan fingerprint density at radius 3 is 2.37 bits per heavy atom. The van der Waals surface area contributed by atoms with Crippen LogP contribution in [0.25, 0.3) is 16.7 Å². The first-order valence-corrected chi connectivity index (χ1v) is 10.2. The Hall–Kier alpha value is -3.09. The van der Waals surface area contributed by atoms with Gasteiger partial charge in [-0.25, -0.2) is 9.18 Å². The number of hydrogen-bond donors (Lipinski definition) is 0. The number of benzene rings is 1. The number of fused-ring (bicyclic) bond motifs is 1. The molecule has 3 aromatic rings. The maximum atomic E-state index is 13.3. The minimum Gasteiger partial charge on any atom is -0.464 e. The smallest absolute Gasteiger partial charge is 0.354 e. The number of hydrogen-bond acceptors (Lipinski definition) is 3. The summed E-state index contributed by atoms with van der Waals surface area (Å²) in [5.41, 5.74) is 2.61. The average Bonchev–Trinajstić information content (AvgIpc) is 3.27. The number of carbonyl (C=O) groups excluding carboxylic acids is 2. The third kappa shape index (κ3) is 3.72. The van der Waals surface area contributed by atoms with E-state index in [4.69, 9.17) is 4.74 Å². The van der Waals surface area contributed by atoms with Crippen molar-refractivity contribution in [3.63, 3.8) is 0 Å². The summed E-state index contributed by atoms with van der Waals surface area (Å²) in [5, 5.41) is 0. The van der Waals surface area contributed by atoms with Crippen LogP contribution >= 0.6 is 0 Å². The Morgan fingerprint density at radius 2 is 1.73 bits per heavy atom. The van der Waals surface area contributed by atoms with E-state index in [0.29, 0.717) is 17.5 Å². The summed E-state index contributed by atoms with van der Waals surface area (Å²) in [7, 11) is 1.33. The van der Waals surface area contributed by atoms with E-state index < -0.39 is 5.97 Å². The van der Waals surface area contributed by atoms with E-state index in [0.717, 1.165) is 36.2 Å². The molecule has 1 fully saturated rings. The Kier molecular flexibility index (Phi) is 5.37. The molecule has 1 amide bonds. The highest BCUT2D eigenvalue weighted by molar-refractivity contribution is 5.96. The van der Waals surface area contributed by atoms with Gasteiger partial charge in [-0.05, 0) is 54.7 Å². The summed E-state index contributed by atoms with van der Waals surface area (Å²) < 4.78 is 21.9. The molecule has 1 aliphatic heterocycles. The van der Waals surface area contributed by atoms with Gasteiger partial charge in [0, 0.05) is 25.0 Å². The SMILES string of the molecule is COC(=O)c1cc2c(ccn2-c2ccc(F)cc2)n1CC(=O)N1C[C@@H](C)C[C@H](C)C1. The van der Waals surface area contributed by atoms with Crippen LogP contribution < -0.4 is 0 Å². The molecule has 0 saturated carbocycles. The van der Waals surface area contributed by atoms with Gasteiger partial charge in [0.15, 0.2) is 0 Å². The van der Waals surface area contributed by atoms with Gasteiger partial charge >= 0.3 is 5.97 Å². The maximum Gasteiger partial charge on any atom is 0.354 e. The number of methoxy groups -OCH3 is 1. The number of likely N-dealkylation sites (tertiary alicyclic amines) is 1. The molecule has 3 heterocycles. The Labute approximate surface area is 174 Å². The number of rotatable bonds is 4. The molecule has 0 spiro atoms. The molecule has 0 radical (unpaired) electrons. The quantitative estimate of drug-likeness (QED) is 0.613. The average molecular weight is 411 g/mol. The van der Waals surface area contributed by atoms with Crippen molar-refractivity contribution < 1.29 is 18.7 Å². The maximum absolute atomic E-state index is 13.3. The first-order chi connectivity index (χ1) is 14.4. The molecule has 0 bridgehead atoms. The number of esters is 1. The Balaban J connectivity index is 1.72. The molecule has 2 aromatic heterocycles. The zero-order chi connectivity index (χ0) is 21.4. The van der Waals surface area contributed by atoms with Crippen LogP contribution in [0, 0.1) is 17.7 Å². The van der Waals surface area contributed by atoms with E-state index in [1.807, 2.05) is 21.7 Å². The molecule has 0 aliphatic carbocycles. The number of piperidine rings is 1. The summed E-state index contributed by atoms with van der Waals surface area (Å²) in [5.74, 6) is 0.102. The van der Waals surface area contributed by atoms with Crippen molar-refractivity contribution in [3.8, 4) is 5.69 Å². The largest absolute Gasteiger partial charge is 0.464 e. The van der Waals surface area contributed by atoms with Crippen molar-refractivity contribution in [2.45, 2.75) is 26.8 Å². The molecular formula is C23H26FN3O3. The fourth-order valence-corrected chi connectivity index (χ4v) is 4.52. The van der Waals surface area contributed by atoms with Gasteiger partial charge in [-0.3, -0.25) is 4.79 Å². The summed E-state index contributed by atoms with van der Waals surface area (Å²) in [6.45, 7) is 5.86. The standard InChI is InChI=1S/C23H26FN3O3/c1-15-10-16(2)13-25(12-15)22(28)14-27-19-8-9-26(18-6-4-17(24)5-7-18)20(19)11-21(27)23(29)30-3/h4-9,11,15-16H,10,12-14H2,1-3H3/t15-,16-/m0/s1. The minimum atomic E-state index is -0.495. The van der Waals surface area contributed by atoms with Gasteiger partial charge in [0.2, 0.25) is 5.91 Å². The van der Waals surface area contributed by atoms with Crippen molar-refractivity contribution >= 4 is 22.9 Å². The van der Waals surface area contributed by atoms with Crippen LogP contribution in [0.5, 0.6) is 0 Å². The first-order valence-electron chi connectivity index (χ1n) is 10.2. The fourth-order valence-electron chi connectivity index (χ4n) is 4.52. The van der Waals surface area contributed by atoms with Crippen molar-refractivity contribution in [2.24, 2.45) is 11.8 Å². The summed E-state index contributed by atoms with van der Waals surface area (Å²) in [4.78, 5) is 27.4. The molecule has 6 nitrogen and oxygen atoms in total. The third-order valence-corrected chi connectivity index (χ3v) is 5.77. The van der Waals surface area contributed by atoms with E-state index >= 15 is 0 Å². The molecule has 30 heavy (non-hydrogen) atoms. The van der Waals surface area contributed by atoms with E-state index in [2.05, 4.69) is 13.8 Å². The summed E-state index contributed by atoms with van der Waals surface area (Å²) in [6, 6.07) is 9.71. The number of nitrogens with zero attached hydrogens (tertiary/aromatic N) is 3. The lowest BCUT2D eigenvalue weighted by atomic mass is 9.92. The number of carbonyl (C=O) groups is 2. The number of amides is 1. The van der Waals surface area contributed by atoms with Gasteiger partial charge in [-0.15, -0.1) is 0 Å². The lowest BCUT2D eigenvalue weighted by Gasteiger charge is -2.35. The number of aromatic nitrogens is 2. The topological polar surface area (TPSA) is 56.5 Å². The Bertz CT molecular complexity index is 1070. The van der Waals surface area contributed by atoms with Gasteiger partial charge in [0.1, 0.15) is 18.1 Å². The normalized spacial score (nSPS) is 19.3. The highest BCUT2D eigenvalue weighted by atomic mass is 19.1. The van der Waals surface area contributed by atoms with Gasteiger partial charge in [0.25, 0.3) is 0 Å². The molecule has 0 N–H and O–H groups in total. The van der Waals surface area contributed by atoms with Gasteiger partial charge in [-0.1, -0.05) is 13.8 Å². The molecule has 7 heteroatoms. The second-order valence-corrected chi connectivity index (χ2v) is 8.28. The van der Waals surface area contributed by atoms with Gasteiger partial charge in [0.05, 0.1) is 18.1 Å². The van der Waals surface area contributed by atoms with Crippen LogP contribution in [-0.2, 0) is 16.1 Å². The van der Waals surface area contributed by atoms with E-state index in [9.17, 15) is 14.0 Å². The molecular weight excluding hydrogens is 385 g/mol. The minimum absolute atomic E-state index is 0.00872. The van der Waals surface area contributed by atoms with Crippen LogP contribution in [0.15, 0.2) is 42.6 Å². The summed E-state index contributed by atoms with van der Waals surface area (Å²) in [6.07, 6.45) is 2.97. The second-order valence-electron chi connectivity index (χ2n) is 8.28.